The number of amides is 1. The van der Waals surface area contributed by atoms with Crippen LogP contribution >= 0.6 is 15.9 Å². The fourth-order valence-corrected chi connectivity index (χ4v) is 0.769. The minimum Gasteiger partial charge on any atom is -0.302 e. The maximum atomic E-state index is 11.7. The van der Waals surface area contributed by atoms with Gasteiger partial charge in [-0.15, -0.1) is 0 Å². The van der Waals surface area contributed by atoms with E-state index in [1.165, 1.54) is 6.20 Å². The van der Waals surface area contributed by atoms with Crippen LogP contribution in [-0.2, 0) is 4.79 Å². The van der Waals surface area contributed by atoms with Crippen molar-refractivity contribution in [3.8, 4) is 0 Å². The van der Waals surface area contributed by atoms with E-state index in [4.69, 9.17) is 0 Å². The highest BCUT2D eigenvalue weighted by Crippen LogP contribution is 2.17. The zero-order valence-electron chi connectivity index (χ0n) is 6.47. The first-order valence-electron chi connectivity index (χ1n) is 3.25. The molecule has 1 aromatic heterocycles. The van der Waals surface area contributed by atoms with E-state index >= 15 is 0 Å². The van der Waals surface area contributed by atoms with Crippen LogP contribution in [0.3, 0.4) is 0 Å². The van der Waals surface area contributed by atoms with Crippen LogP contribution in [0.15, 0.2) is 17.0 Å². The van der Waals surface area contributed by atoms with Crippen LogP contribution < -0.4 is 5.32 Å². The third-order valence-corrected chi connectivity index (χ3v) is 1.53. The molecule has 0 unspecified atom stereocenters. The molecule has 0 radical (unpaired) electrons. The number of hydrogen-bond acceptors (Lipinski definition) is 3. The smallest absolute Gasteiger partial charge is 0.302 e. The van der Waals surface area contributed by atoms with Crippen molar-refractivity contribution in [2.75, 3.05) is 5.32 Å². The van der Waals surface area contributed by atoms with Crippen molar-refractivity contribution in [1.29, 1.82) is 0 Å². The van der Waals surface area contributed by atoms with E-state index < -0.39 is 12.1 Å². The number of anilines is 1. The van der Waals surface area contributed by atoms with Crippen LogP contribution in [0, 0.1) is 0 Å². The molecule has 0 aliphatic rings. The average molecular weight is 270 g/mol. The average Bonchev–Trinajstić information content (AvgIpc) is 2.07. The predicted octanol–water partition coefficient (Wildman–Crippen LogP) is 1.74. The van der Waals surface area contributed by atoms with Crippen LogP contribution in [0.1, 0.15) is 0 Å². The van der Waals surface area contributed by atoms with Gasteiger partial charge in [0.15, 0.2) is 5.82 Å². The first-order chi connectivity index (χ1) is 6.39. The molecule has 8 heteroatoms. The first kappa shape index (κ1) is 10.9. The first-order valence-corrected chi connectivity index (χ1v) is 4.04. The molecule has 1 aromatic rings. The van der Waals surface area contributed by atoms with Gasteiger partial charge in [-0.3, -0.25) is 4.79 Å². The minimum atomic E-state index is -4.92. The van der Waals surface area contributed by atoms with E-state index in [0.29, 0.717) is 4.60 Å². The van der Waals surface area contributed by atoms with Crippen LogP contribution in [0.5, 0.6) is 0 Å². The molecule has 0 saturated heterocycles. The van der Waals surface area contributed by atoms with Gasteiger partial charge in [-0.2, -0.15) is 13.2 Å². The summed E-state index contributed by atoms with van der Waals surface area (Å²) >= 11 is 2.94. The predicted molar refractivity (Wildman–Crippen MR) is 44.4 cm³/mol. The van der Waals surface area contributed by atoms with Crippen LogP contribution in [0.25, 0.3) is 0 Å². The number of carbonyl (C=O) groups excluding carboxylic acids is 1. The van der Waals surface area contributed by atoms with Gasteiger partial charge >= 0.3 is 12.1 Å². The van der Waals surface area contributed by atoms with E-state index in [0.717, 1.165) is 6.20 Å². The summed E-state index contributed by atoms with van der Waals surface area (Å²) in [4.78, 5) is 17.5. The Bertz CT molecular complexity index is 337. The molecular formula is C6H3BrF3N3O. The van der Waals surface area contributed by atoms with Crippen LogP contribution in [0.4, 0.5) is 19.0 Å². The second-order valence-electron chi connectivity index (χ2n) is 2.18. The summed E-state index contributed by atoms with van der Waals surface area (Å²) in [5, 5.41) is 1.55. The second-order valence-corrected chi connectivity index (χ2v) is 2.99. The summed E-state index contributed by atoms with van der Waals surface area (Å²) in [5.41, 5.74) is 0. The normalized spacial score (nSPS) is 11.1. The molecule has 0 spiro atoms. The Morgan fingerprint density at radius 1 is 1.36 bits per heavy atom. The monoisotopic (exact) mass is 269 g/mol. The molecule has 14 heavy (non-hydrogen) atoms. The highest BCUT2D eigenvalue weighted by atomic mass is 79.9. The number of aromatic nitrogens is 2. The number of alkyl halides is 3. The Balaban J connectivity index is 2.71. The third kappa shape index (κ3) is 2.95. The summed E-state index contributed by atoms with van der Waals surface area (Å²) < 4.78 is 35.6. The molecule has 0 aromatic carbocycles. The van der Waals surface area contributed by atoms with E-state index in [-0.39, 0.29) is 5.82 Å². The Kier molecular flexibility index (Phi) is 3.04. The van der Waals surface area contributed by atoms with Crippen molar-refractivity contribution >= 4 is 27.7 Å². The van der Waals surface area contributed by atoms with Crippen LogP contribution in [0.2, 0.25) is 0 Å². The fraction of sp³-hybridized carbons (Fsp3) is 0.167. The van der Waals surface area contributed by atoms with Gasteiger partial charge in [0.1, 0.15) is 4.60 Å². The number of hydrogen-bond donors (Lipinski definition) is 1. The number of nitrogens with zero attached hydrogens (tertiary/aromatic N) is 2. The number of nitrogens with one attached hydrogen (secondary N) is 1. The lowest BCUT2D eigenvalue weighted by molar-refractivity contribution is -0.167. The minimum absolute atomic E-state index is 0.254. The zero-order valence-corrected chi connectivity index (χ0v) is 8.06. The van der Waals surface area contributed by atoms with E-state index in [1.807, 2.05) is 0 Å². The molecule has 4 nitrogen and oxygen atoms in total. The molecule has 0 saturated carbocycles. The summed E-state index contributed by atoms with van der Waals surface area (Å²) in [7, 11) is 0. The Morgan fingerprint density at radius 2 is 2.00 bits per heavy atom. The summed E-state index contributed by atoms with van der Waals surface area (Å²) in [6, 6.07) is 0. The molecular weight excluding hydrogens is 267 g/mol. The Labute approximate surface area is 84.7 Å². The Hall–Kier alpha value is -1.18. The van der Waals surface area contributed by atoms with E-state index in [2.05, 4.69) is 25.9 Å². The maximum Gasteiger partial charge on any atom is 0.471 e. The summed E-state index contributed by atoms with van der Waals surface area (Å²) in [5.74, 6) is -2.33. The van der Waals surface area contributed by atoms with Gasteiger partial charge < -0.3 is 5.32 Å². The molecule has 1 N–H and O–H groups in total. The molecule has 1 amide bonds. The topological polar surface area (TPSA) is 54.9 Å². The number of carbonyl (C=O) groups is 1. The van der Waals surface area contributed by atoms with Gasteiger partial charge in [0.2, 0.25) is 0 Å². The van der Waals surface area contributed by atoms with Gasteiger partial charge in [0, 0.05) is 0 Å². The lowest BCUT2D eigenvalue weighted by atomic mass is 10.5. The second kappa shape index (κ2) is 3.91. The van der Waals surface area contributed by atoms with Crippen molar-refractivity contribution in [3.63, 3.8) is 0 Å². The van der Waals surface area contributed by atoms with Gasteiger partial charge in [-0.05, 0) is 15.9 Å². The number of halogens is 4. The summed E-state index contributed by atoms with van der Waals surface area (Å²) in [6.45, 7) is 0. The highest BCUT2D eigenvalue weighted by Gasteiger charge is 2.38. The molecule has 0 atom stereocenters. The van der Waals surface area contributed by atoms with Gasteiger partial charge in [0.25, 0.3) is 0 Å². The number of rotatable bonds is 1. The van der Waals surface area contributed by atoms with Gasteiger partial charge in [-0.25, -0.2) is 9.97 Å². The molecule has 0 bridgehead atoms. The molecule has 1 heterocycles. The van der Waals surface area contributed by atoms with Crippen molar-refractivity contribution < 1.29 is 18.0 Å². The quantitative estimate of drug-likeness (QED) is 0.845. The summed E-state index contributed by atoms with van der Waals surface area (Å²) in [6.07, 6.45) is -2.74. The maximum absolute atomic E-state index is 11.7. The SMILES string of the molecule is O=C(Nc1cnc(Br)cn1)C(F)(F)F. The van der Waals surface area contributed by atoms with Gasteiger partial charge in [0.05, 0.1) is 12.4 Å². The molecule has 0 aliphatic heterocycles. The van der Waals surface area contributed by atoms with E-state index in [9.17, 15) is 18.0 Å². The van der Waals surface area contributed by atoms with Crippen molar-refractivity contribution in [2.45, 2.75) is 6.18 Å². The third-order valence-electron chi connectivity index (χ3n) is 1.12. The zero-order chi connectivity index (χ0) is 10.8. The van der Waals surface area contributed by atoms with Crippen molar-refractivity contribution in [1.82, 2.24) is 9.97 Å². The fourth-order valence-electron chi connectivity index (χ4n) is 0.564. The van der Waals surface area contributed by atoms with Gasteiger partial charge in [-0.1, -0.05) is 0 Å². The van der Waals surface area contributed by atoms with E-state index in [1.54, 1.807) is 5.32 Å². The standard InChI is InChI=1S/C6H3BrF3N3O/c7-3-1-12-4(2-11-3)13-5(14)6(8,9)10/h1-2H,(H,12,13,14). The Morgan fingerprint density at radius 3 is 2.43 bits per heavy atom. The lowest BCUT2D eigenvalue weighted by Gasteiger charge is -2.05. The molecule has 76 valence electrons. The molecule has 0 fully saturated rings. The lowest BCUT2D eigenvalue weighted by Crippen LogP contribution is -2.30. The highest BCUT2D eigenvalue weighted by molar-refractivity contribution is 9.10. The molecule has 0 aliphatic carbocycles. The van der Waals surface area contributed by atoms with Crippen LogP contribution in [-0.4, -0.2) is 22.1 Å². The molecule has 1 rings (SSSR count). The van der Waals surface area contributed by atoms with Crippen molar-refractivity contribution in [2.24, 2.45) is 0 Å². The largest absolute Gasteiger partial charge is 0.471 e. The van der Waals surface area contributed by atoms with Crippen molar-refractivity contribution in [3.05, 3.63) is 17.0 Å².